The van der Waals surface area contributed by atoms with E-state index in [2.05, 4.69) is 46.2 Å². The van der Waals surface area contributed by atoms with E-state index in [1.54, 1.807) is 11.8 Å². The van der Waals surface area contributed by atoms with Crippen molar-refractivity contribution in [2.24, 2.45) is 13.0 Å². The number of aromatic nitrogens is 2. The minimum atomic E-state index is 0.713. The maximum atomic E-state index is 6.40. The van der Waals surface area contributed by atoms with Crippen LogP contribution in [0.2, 0.25) is 5.15 Å². The molecule has 2 heterocycles. The summed E-state index contributed by atoms with van der Waals surface area (Å²) in [4.78, 5) is 5.02. The fraction of sp³-hybridized carbons (Fsp3) is 0.591. The van der Waals surface area contributed by atoms with E-state index in [9.17, 15) is 0 Å². The Morgan fingerprint density at radius 3 is 2.68 bits per heavy atom. The number of hydrogen-bond acceptors (Lipinski definition) is 4. The lowest BCUT2D eigenvalue weighted by atomic mass is 9.97. The number of hydrogen-bond donors (Lipinski definition) is 0. The zero-order valence-corrected chi connectivity index (χ0v) is 18.4. The predicted octanol–water partition coefficient (Wildman–Crippen LogP) is 3.78. The lowest BCUT2D eigenvalue weighted by Gasteiger charge is -2.34. The molecule has 0 aliphatic carbocycles. The molecule has 1 fully saturated rings. The fourth-order valence-corrected chi connectivity index (χ4v) is 4.45. The van der Waals surface area contributed by atoms with Gasteiger partial charge in [-0.2, -0.15) is 5.10 Å². The van der Waals surface area contributed by atoms with Crippen molar-refractivity contribution in [1.82, 2.24) is 19.6 Å². The van der Waals surface area contributed by atoms with E-state index in [-0.39, 0.29) is 0 Å². The van der Waals surface area contributed by atoms with Crippen molar-refractivity contribution in [1.29, 1.82) is 0 Å². The van der Waals surface area contributed by atoms with E-state index < -0.39 is 0 Å². The summed E-state index contributed by atoms with van der Waals surface area (Å²) in [5, 5.41) is 5.19. The molecular weight excluding hydrogens is 372 g/mol. The molecule has 1 saturated heterocycles. The molecule has 3 rings (SSSR count). The number of benzene rings is 1. The van der Waals surface area contributed by atoms with Gasteiger partial charge in [-0.05, 0) is 63.4 Å². The van der Waals surface area contributed by atoms with E-state index in [0.717, 1.165) is 48.2 Å². The third-order valence-electron chi connectivity index (χ3n) is 5.75. The van der Waals surface area contributed by atoms with E-state index in [1.807, 2.05) is 14.0 Å². The molecule has 1 aromatic carbocycles. The Morgan fingerprint density at radius 1 is 1.29 bits per heavy atom. The van der Waals surface area contributed by atoms with Crippen molar-refractivity contribution in [2.45, 2.75) is 32.7 Å². The fourth-order valence-electron chi connectivity index (χ4n) is 4.21. The van der Waals surface area contributed by atoms with E-state index in [4.69, 9.17) is 16.3 Å². The molecule has 5 nitrogen and oxygen atoms in total. The first-order valence-corrected chi connectivity index (χ1v) is 10.6. The highest BCUT2D eigenvalue weighted by atomic mass is 35.5. The highest BCUT2D eigenvalue weighted by Gasteiger charge is 2.22. The number of methoxy groups -OCH3 is 1. The highest BCUT2D eigenvalue weighted by Crippen LogP contribution is 2.23. The second-order valence-corrected chi connectivity index (χ2v) is 8.44. The van der Waals surface area contributed by atoms with Gasteiger partial charge < -0.3 is 14.5 Å². The van der Waals surface area contributed by atoms with Crippen LogP contribution in [0.3, 0.4) is 0 Å². The zero-order chi connectivity index (χ0) is 20.1. The van der Waals surface area contributed by atoms with Crippen molar-refractivity contribution >= 4 is 11.6 Å². The minimum Gasteiger partial charge on any atom is -0.497 e. The van der Waals surface area contributed by atoms with Gasteiger partial charge in [0.2, 0.25) is 0 Å². The van der Waals surface area contributed by atoms with Crippen LogP contribution in [0.5, 0.6) is 5.75 Å². The second kappa shape index (κ2) is 9.77. The summed E-state index contributed by atoms with van der Waals surface area (Å²) in [6.07, 6.45) is 3.69. The molecule has 0 spiro atoms. The Kier molecular flexibility index (Phi) is 7.38. The Balaban J connectivity index is 1.47. The molecule has 1 atom stereocenters. The number of rotatable bonds is 8. The smallest absolute Gasteiger partial charge is 0.131 e. The van der Waals surface area contributed by atoms with Crippen LogP contribution < -0.4 is 4.74 Å². The number of likely N-dealkylation sites (tertiary alicyclic amines) is 1. The number of halogens is 1. The largest absolute Gasteiger partial charge is 0.497 e. The van der Waals surface area contributed by atoms with Gasteiger partial charge >= 0.3 is 0 Å². The molecule has 1 aliphatic rings. The van der Waals surface area contributed by atoms with Gasteiger partial charge in [0.15, 0.2) is 0 Å². The average molecular weight is 405 g/mol. The van der Waals surface area contributed by atoms with Crippen LogP contribution in [-0.2, 0) is 20.0 Å². The van der Waals surface area contributed by atoms with Crippen molar-refractivity contribution in [2.75, 3.05) is 40.3 Å². The third-order valence-corrected chi connectivity index (χ3v) is 6.22. The summed E-state index contributed by atoms with van der Waals surface area (Å²) in [7, 11) is 5.81. The quantitative estimate of drug-likeness (QED) is 0.670. The molecule has 0 N–H and O–H groups in total. The standard InChI is InChI=1S/C22H33ClN4O/c1-17-21(22(23)26(3)24-17)16-25(2)14-19-6-5-12-27(15-19)13-11-18-7-9-20(28-4)10-8-18/h7-10,19H,5-6,11-16H2,1-4H3. The monoisotopic (exact) mass is 404 g/mol. The van der Waals surface area contributed by atoms with Crippen LogP contribution in [0, 0.1) is 12.8 Å². The molecule has 0 radical (unpaired) electrons. The zero-order valence-electron chi connectivity index (χ0n) is 17.6. The normalized spacial score (nSPS) is 18.0. The minimum absolute atomic E-state index is 0.713. The summed E-state index contributed by atoms with van der Waals surface area (Å²) < 4.78 is 7.01. The molecule has 0 bridgehead atoms. The lowest BCUT2D eigenvalue weighted by Crippen LogP contribution is -2.40. The molecule has 0 saturated carbocycles. The van der Waals surface area contributed by atoms with E-state index >= 15 is 0 Å². The second-order valence-electron chi connectivity index (χ2n) is 8.08. The van der Waals surface area contributed by atoms with Crippen molar-refractivity contribution in [3.63, 3.8) is 0 Å². The molecule has 154 valence electrons. The molecule has 2 aromatic rings. The van der Waals surface area contributed by atoms with Crippen LogP contribution in [-0.4, -0.2) is 59.9 Å². The first-order valence-electron chi connectivity index (χ1n) is 10.2. The summed E-state index contributed by atoms with van der Waals surface area (Å²) in [5.74, 6) is 1.64. The first-order chi connectivity index (χ1) is 13.5. The molecule has 1 aromatic heterocycles. The lowest BCUT2D eigenvalue weighted by molar-refractivity contribution is 0.142. The predicted molar refractivity (Wildman–Crippen MR) is 115 cm³/mol. The molecule has 1 unspecified atom stereocenters. The number of piperidine rings is 1. The van der Waals surface area contributed by atoms with Gasteiger partial charge in [0, 0.05) is 38.8 Å². The van der Waals surface area contributed by atoms with Gasteiger partial charge in [0.1, 0.15) is 10.9 Å². The number of aryl methyl sites for hydroxylation is 2. The Hall–Kier alpha value is -1.56. The van der Waals surface area contributed by atoms with Crippen LogP contribution in [0.4, 0.5) is 0 Å². The Bertz CT molecular complexity index is 759. The maximum absolute atomic E-state index is 6.40. The summed E-state index contributed by atoms with van der Waals surface area (Å²) >= 11 is 6.40. The van der Waals surface area contributed by atoms with Gasteiger partial charge in [0.05, 0.1) is 12.8 Å². The summed E-state index contributed by atoms with van der Waals surface area (Å²) in [6.45, 7) is 7.52. The van der Waals surface area contributed by atoms with Crippen LogP contribution in [0.25, 0.3) is 0 Å². The SMILES string of the molecule is COc1ccc(CCN2CCCC(CN(C)Cc3c(C)nn(C)c3Cl)C2)cc1. The maximum Gasteiger partial charge on any atom is 0.131 e. The van der Waals surface area contributed by atoms with Gasteiger partial charge in [-0.1, -0.05) is 23.7 Å². The summed E-state index contributed by atoms with van der Waals surface area (Å²) in [6, 6.07) is 8.45. The van der Waals surface area contributed by atoms with Crippen molar-refractivity contribution < 1.29 is 4.74 Å². The van der Waals surface area contributed by atoms with Gasteiger partial charge in [-0.15, -0.1) is 0 Å². The Labute approximate surface area is 174 Å². The van der Waals surface area contributed by atoms with Gasteiger partial charge in [0.25, 0.3) is 0 Å². The summed E-state index contributed by atoms with van der Waals surface area (Å²) in [5.41, 5.74) is 3.56. The molecule has 0 amide bonds. The third kappa shape index (κ3) is 5.49. The van der Waals surface area contributed by atoms with Gasteiger partial charge in [-0.25, -0.2) is 0 Å². The molecule has 6 heteroatoms. The topological polar surface area (TPSA) is 33.5 Å². The van der Waals surface area contributed by atoms with Crippen molar-refractivity contribution in [3.8, 4) is 5.75 Å². The van der Waals surface area contributed by atoms with Crippen LogP contribution >= 0.6 is 11.6 Å². The van der Waals surface area contributed by atoms with Gasteiger partial charge in [-0.3, -0.25) is 4.68 Å². The van der Waals surface area contributed by atoms with E-state index in [0.29, 0.717) is 5.92 Å². The highest BCUT2D eigenvalue weighted by molar-refractivity contribution is 6.30. The van der Waals surface area contributed by atoms with E-state index in [1.165, 1.54) is 31.5 Å². The number of nitrogens with zero attached hydrogens (tertiary/aromatic N) is 4. The van der Waals surface area contributed by atoms with Crippen LogP contribution in [0.15, 0.2) is 24.3 Å². The number of ether oxygens (including phenoxy) is 1. The molecular formula is C22H33ClN4O. The molecule has 1 aliphatic heterocycles. The van der Waals surface area contributed by atoms with Crippen molar-refractivity contribution in [3.05, 3.63) is 46.2 Å². The average Bonchev–Trinajstić information content (AvgIpc) is 2.93. The first kappa shape index (κ1) is 21.2. The molecule has 28 heavy (non-hydrogen) atoms. The Morgan fingerprint density at radius 2 is 2.04 bits per heavy atom. The van der Waals surface area contributed by atoms with Crippen LogP contribution in [0.1, 0.15) is 29.7 Å².